The van der Waals surface area contributed by atoms with Gasteiger partial charge in [-0.2, -0.15) is 0 Å². The number of nitrogens with one attached hydrogen (secondary N) is 1. The second-order valence-electron chi connectivity index (χ2n) is 6.19. The number of rotatable bonds is 4. The maximum atomic E-state index is 13.0. The third-order valence-electron chi connectivity index (χ3n) is 4.35. The highest BCUT2D eigenvalue weighted by Crippen LogP contribution is 2.24. The van der Waals surface area contributed by atoms with E-state index in [0.717, 1.165) is 16.2 Å². The minimum Gasteiger partial charge on any atom is -0.489 e. The van der Waals surface area contributed by atoms with Crippen molar-refractivity contribution in [2.45, 2.75) is 6.61 Å². The summed E-state index contributed by atoms with van der Waals surface area (Å²) in [5, 5.41) is 2.12. The number of hydrogen-bond acceptors (Lipinski definition) is 5. The van der Waals surface area contributed by atoms with Crippen molar-refractivity contribution in [2.75, 3.05) is 5.73 Å². The largest absolute Gasteiger partial charge is 0.489 e. The Balaban J connectivity index is 1.67. The highest BCUT2D eigenvalue weighted by Gasteiger charge is 2.31. The van der Waals surface area contributed by atoms with E-state index in [1.165, 1.54) is 12.1 Å². The number of nitrogens with zero attached hydrogens (tertiary/aromatic N) is 1. The van der Waals surface area contributed by atoms with Crippen molar-refractivity contribution in [1.29, 1.82) is 0 Å². The first-order chi connectivity index (χ1) is 13.4. The van der Waals surface area contributed by atoms with Gasteiger partial charge in [-0.1, -0.05) is 18.2 Å². The molecule has 0 atom stereocenters. The Morgan fingerprint density at radius 2 is 1.75 bits per heavy atom. The first-order valence-electron chi connectivity index (χ1n) is 8.33. The summed E-state index contributed by atoms with van der Waals surface area (Å²) in [6.07, 6.45) is 0. The van der Waals surface area contributed by atoms with Gasteiger partial charge in [0, 0.05) is 12.1 Å². The van der Waals surface area contributed by atoms with Gasteiger partial charge in [-0.15, -0.1) is 0 Å². The minimum absolute atomic E-state index is 0.0257. The third kappa shape index (κ3) is 3.01. The van der Waals surface area contributed by atoms with Gasteiger partial charge in [0.2, 0.25) is 0 Å². The maximum Gasteiger partial charge on any atom is 0.262 e. The molecule has 1 aliphatic heterocycles. The molecule has 2 amide bonds. The lowest BCUT2D eigenvalue weighted by molar-refractivity contribution is 0.0880. The number of amides is 2. The summed E-state index contributed by atoms with van der Waals surface area (Å²) in [4.78, 5) is 36.2. The summed E-state index contributed by atoms with van der Waals surface area (Å²) in [6.45, 7) is 0.204. The number of carbonyl (C=O) groups is 2. The van der Waals surface area contributed by atoms with Gasteiger partial charge in [-0.3, -0.25) is 24.3 Å². The van der Waals surface area contributed by atoms with Crippen LogP contribution >= 0.6 is 0 Å². The van der Waals surface area contributed by atoms with Crippen molar-refractivity contribution in [1.82, 2.24) is 9.88 Å². The fourth-order valence-corrected chi connectivity index (χ4v) is 3.01. The number of aromatic nitrogens is 1. The van der Waals surface area contributed by atoms with Crippen LogP contribution in [0.4, 0.5) is 10.2 Å². The molecule has 7 nitrogen and oxygen atoms in total. The van der Waals surface area contributed by atoms with Crippen LogP contribution in [0, 0.1) is 5.82 Å². The zero-order valence-corrected chi connectivity index (χ0v) is 14.4. The highest BCUT2D eigenvalue weighted by molar-refractivity contribution is 6.23. The van der Waals surface area contributed by atoms with E-state index in [-0.39, 0.29) is 29.4 Å². The summed E-state index contributed by atoms with van der Waals surface area (Å²) < 4.78 is 19.8. The van der Waals surface area contributed by atoms with Gasteiger partial charge >= 0.3 is 0 Å². The van der Waals surface area contributed by atoms with Gasteiger partial charge in [-0.05, 0) is 29.8 Å². The first kappa shape index (κ1) is 17.5. The van der Waals surface area contributed by atoms with E-state index in [0.29, 0.717) is 11.4 Å². The molecular formula is C20H14FN3O4. The predicted molar refractivity (Wildman–Crippen MR) is 99.0 cm³/mol. The number of hydrogen-bond donors (Lipinski definition) is 2. The topological polar surface area (TPSA) is 103 Å². The van der Waals surface area contributed by atoms with Gasteiger partial charge in [-0.25, -0.2) is 4.39 Å². The molecule has 2 heterocycles. The molecule has 0 saturated heterocycles. The van der Waals surface area contributed by atoms with Crippen LogP contribution in [0.15, 0.2) is 59.4 Å². The number of anilines is 1. The molecule has 3 N–H and O–H groups in total. The molecule has 0 fully saturated rings. The first-order valence-corrected chi connectivity index (χ1v) is 8.33. The quantitative estimate of drug-likeness (QED) is 0.675. The molecule has 0 bridgehead atoms. The fourth-order valence-electron chi connectivity index (χ4n) is 3.01. The molecule has 140 valence electrons. The number of benzene rings is 2. The van der Waals surface area contributed by atoms with Gasteiger partial charge in [0.1, 0.15) is 24.0 Å². The van der Waals surface area contributed by atoms with Crippen LogP contribution < -0.4 is 21.3 Å². The number of ether oxygens (including phenoxy) is 1. The van der Waals surface area contributed by atoms with Crippen LogP contribution in [0.3, 0.4) is 0 Å². The number of imide groups is 1. The Morgan fingerprint density at radius 1 is 1.00 bits per heavy atom. The highest BCUT2D eigenvalue weighted by atomic mass is 19.1. The standard InChI is InChI=1S/C20H14FN3O4/c21-12-6-4-11(5-7-12)10-28-14-3-1-2-13(8-14)24-16(25)9-15-17(18(24)22)20(27)23-19(15)26/h1-9H,10,22H2,(H,23,26,27). The van der Waals surface area contributed by atoms with Crippen molar-refractivity contribution in [3.8, 4) is 11.4 Å². The van der Waals surface area contributed by atoms with Crippen molar-refractivity contribution in [3.63, 3.8) is 0 Å². The molecule has 0 saturated carbocycles. The Hall–Kier alpha value is -3.94. The Kier molecular flexibility index (Phi) is 4.15. The number of nitrogens with two attached hydrogens (primary N) is 1. The van der Waals surface area contributed by atoms with Crippen molar-refractivity contribution < 1.29 is 18.7 Å². The van der Waals surface area contributed by atoms with Gasteiger partial charge < -0.3 is 10.5 Å². The lowest BCUT2D eigenvalue weighted by atomic mass is 10.1. The number of carbonyl (C=O) groups excluding carboxylic acids is 2. The predicted octanol–water partition coefficient (Wildman–Crippen LogP) is 2.02. The monoisotopic (exact) mass is 379 g/mol. The van der Waals surface area contributed by atoms with Gasteiger partial charge in [0.05, 0.1) is 16.8 Å². The average Bonchev–Trinajstić information content (AvgIpc) is 2.95. The van der Waals surface area contributed by atoms with Crippen LogP contribution in [-0.4, -0.2) is 16.4 Å². The van der Waals surface area contributed by atoms with Crippen LogP contribution in [0.25, 0.3) is 5.69 Å². The zero-order valence-electron chi connectivity index (χ0n) is 14.4. The van der Waals surface area contributed by atoms with Crippen LogP contribution in [0.5, 0.6) is 5.75 Å². The van der Waals surface area contributed by atoms with E-state index >= 15 is 0 Å². The van der Waals surface area contributed by atoms with Crippen molar-refractivity contribution >= 4 is 17.6 Å². The summed E-state index contributed by atoms with van der Waals surface area (Å²) >= 11 is 0. The van der Waals surface area contributed by atoms with Crippen LogP contribution in [-0.2, 0) is 6.61 Å². The summed E-state index contributed by atoms with van der Waals surface area (Å²) in [7, 11) is 0. The smallest absolute Gasteiger partial charge is 0.262 e. The van der Waals surface area contributed by atoms with Gasteiger partial charge in [0.15, 0.2) is 0 Å². The fraction of sp³-hybridized carbons (Fsp3) is 0.0500. The summed E-state index contributed by atoms with van der Waals surface area (Å²) in [5.74, 6) is -1.29. The second-order valence-corrected chi connectivity index (χ2v) is 6.19. The number of nitrogen functional groups attached to an aromatic ring is 1. The van der Waals surface area contributed by atoms with Crippen molar-refractivity contribution in [2.24, 2.45) is 0 Å². The third-order valence-corrected chi connectivity index (χ3v) is 4.35. The molecule has 2 aromatic carbocycles. The van der Waals surface area contributed by atoms with E-state index < -0.39 is 17.4 Å². The molecule has 1 aromatic heterocycles. The maximum absolute atomic E-state index is 13.0. The minimum atomic E-state index is -0.646. The molecule has 0 spiro atoms. The average molecular weight is 379 g/mol. The number of pyridine rings is 1. The molecular weight excluding hydrogens is 365 g/mol. The summed E-state index contributed by atoms with van der Waals surface area (Å²) in [5.41, 5.74) is 6.58. The molecule has 28 heavy (non-hydrogen) atoms. The SMILES string of the molecule is Nc1c2c(cc(=O)n1-c1cccc(OCc3ccc(F)cc3)c1)C(=O)NC2=O. The molecule has 3 aromatic rings. The molecule has 8 heteroatoms. The molecule has 1 aliphatic rings. The van der Waals surface area contributed by atoms with E-state index in [4.69, 9.17) is 10.5 Å². The summed E-state index contributed by atoms with van der Waals surface area (Å²) in [6, 6.07) is 13.6. The van der Waals surface area contributed by atoms with E-state index in [2.05, 4.69) is 5.32 Å². The Bertz CT molecular complexity index is 1170. The van der Waals surface area contributed by atoms with Gasteiger partial charge in [0.25, 0.3) is 17.4 Å². The normalized spacial score (nSPS) is 12.6. The van der Waals surface area contributed by atoms with Crippen LogP contribution in [0.1, 0.15) is 26.3 Å². The lowest BCUT2D eigenvalue weighted by Crippen LogP contribution is -2.24. The lowest BCUT2D eigenvalue weighted by Gasteiger charge is -2.13. The zero-order chi connectivity index (χ0) is 19.8. The van der Waals surface area contributed by atoms with E-state index in [9.17, 15) is 18.8 Å². The number of halogens is 1. The molecule has 0 aliphatic carbocycles. The molecule has 0 radical (unpaired) electrons. The van der Waals surface area contributed by atoms with Crippen molar-refractivity contribution in [3.05, 3.63) is 87.5 Å². The Morgan fingerprint density at radius 3 is 2.50 bits per heavy atom. The number of fused-ring (bicyclic) bond motifs is 1. The van der Waals surface area contributed by atoms with Crippen LogP contribution in [0.2, 0.25) is 0 Å². The molecule has 4 rings (SSSR count). The van der Waals surface area contributed by atoms with E-state index in [1.54, 1.807) is 36.4 Å². The van der Waals surface area contributed by atoms with E-state index in [1.807, 2.05) is 0 Å². The second kappa shape index (κ2) is 6.66. The Labute approximate surface area is 158 Å². The molecule has 0 unspecified atom stereocenters.